The molecule has 4 saturated carbocycles. The number of carbonyl (C=O) groups is 1. The van der Waals surface area contributed by atoms with E-state index in [4.69, 9.17) is 9.47 Å². The molecule has 2 bridgehead atoms. The van der Waals surface area contributed by atoms with Gasteiger partial charge in [0.15, 0.2) is 11.5 Å². The molecule has 0 saturated heterocycles. The van der Waals surface area contributed by atoms with Crippen LogP contribution in [0.2, 0.25) is 0 Å². The fourth-order valence-corrected chi connectivity index (χ4v) is 10.3. The summed E-state index contributed by atoms with van der Waals surface area (Å²) in [6.45, 7) is 0.0435. The van der Waals surface area contributed by atoms with Crippen molar-refractivity contribution in [2.75, 3.05) is 20.0 Å². The Morgan fingerprint density at radius 3 is 2.51 bits per heavy atom. The molecule has 4 aliphatic rings. The number of methoxy groups -OCH3 is 2. The predicted octanol–water partition coefficient (Wildman–Crippen LogP) is 4.64. The van der Waals surface area contributed by atoms with E-state index in [9.17, 15) is 31.2 Å². The molecule has 1 spiro atoms. The Balaban J connectivity index is 1.08. The Morgan fingerprint density at radius 2 is 1.81 bits per heavy atom. The fourth-order valence-electron chi connectivity index (χ4n) is 9.08. The highest BCUT2D eigenvalue weighted by Gasteiger charge is 2.80. The molecule has 4 aliphatic carbocycles. The lowest BCUT2D eigenvalue weighted by atomic mass is 9.35. The molecule has 47 heavy (non-hydrogen) atoms. The number of carbonyl (C=O) groups excluding carboxylic acids is 1. The van der Waals surface area contributed by atoms with Crippen LogP contribution in [0.15, 0.2) is 52.5 Å². The van der Waals surface area contributed by atoms with Crippen molar-refractivity contribution in [1.82, 2.24) is 19.9 Å². The summed E-state index contributed by atoms with van der Waals surface area (Å²) in [5, 5.41) is 2.26. The van der Waals surface area contributed by atoms with Gasteiger partial charge in [0.2, 0.25) is 20.9 Å². The van der Waals surface area contributed by atoms with E-state index < -0.39 is 38.2 Å². The zero-order chi connectivity index (χ0) is 33.4. The highest BCUT2D eigenvalue weighted by Crippen LogP contribution is 2.82. The summed E-state index contributed by atoms with van der Waals surface area (Å²) in [7, 11) is -1.45. The van der Waals surface area contributed by atoms with Gasteiger partial charge in [-0.15, -0.1) is 0 Å². The maximum Gasteiger partial charge on any atom is 0.433 e. The lowest BCUT2D eigenvalue weighted by Gasteiger charge is -2.72. The van der Waals surface area contributed by atoms with E-state index in [1.165, 1.54) is 56.4 Å². The van der Waals surface area contributed by atoms with E-state index in [2.05, 4.69) is 15.3 Å². The third-order valence-electron chi connectivity index (χ3n) is 10.9. The molecule has 0 aliphatic heterocycles. The molecule has 1 N–H and O–H groups in total. The molecule has 5 unspecified atom stereocenters. The Hall–Kier alpha value is -3.94. The molecule has 4 fully saturated rings. The summed E-state index contributed by atoms with van der Waals surface area (Å²) < 4.78 is 80.1. The van der Waals surface area contributed by atoms with Crippen LogP contribution in [-0.4, -0.2) is 54.4 Å². The Bertz CT molecular complexity index is 1930. The van der Waals surface area contributed by atoms with Gasteiger partial charge in [0, 0.05) is 29.8 Å². The Morgan fingerprint density at radius 1 is 1.02 bits per heavy atom. The SMILES string of the molecule is COc1ccc(Cn2cc(-c3cc(C(F)(F)F)nc(S(=O)(=O)CCCC(=O)NC45CC6CC7CC(C4)C75C6)n3)ccc2=O)cc1OC. The molecule has 0 radical (unpaired) electrons. The zero-order valence-electron chi connectivity index (χ0n) is 26.0. The number of rotatable bonds is 11. The van der Waals surface area contributed by atoms with Gasteiger partial charge < -0.3 is 19.4 Å². The van der Waals surface area contributed by atoms with Gasteiger partial charge in [0.1, 0.15) is 5.69 Å². The number of hydrogen-bond donors (Lipinski definition) is 1. The first-order chi connectivity index (χ1) is 22.3. The van der Waals surface area contributed by atoms with Crippen LogP contribution in [0.3, 0.4) is 0 Å². The van der Waals surface area contributed by atoms with Crippen LogP contribution in [0.1, 0.15) is 56.2 Å². The number of nitrogens with one attached hydrogen (secondary N) is 1. The number of benzene rings is 1. The van der Waals surface area contributed by atoms with Crippen molar-refractivity contribution in [3.63, 3.8) is 0 Å². The summed E-state index contributed by atoms with van der Waals surface area (Å²) in [4.78, 5) is 33.0. The summed E-state index contributed by atoms with van der Waals surface area (Å²) >= 11 is 0. The standard InChI is InChI=1S/C33H35F3N4O6S/c1-45-25-7-5-19(11-26(25)46-2)17-40-18-21(6-8-29(40)42)24-13-27(33(34,35)36)38-30(37-24)47(43,44)9-3-4-28(41)39-31-14-20-10-22-12-23(16-31)32(22,31)15-20/h5-8,11,13,18,20,22-23H,3-4,9-10,12,14-17H2,1-2H3,(H,39,41). The fraction of sp³-hybridized carbons (Fsp3) is 0.515. The van der Waals surface area contributed by atoms with Gasteiger partial charge >= 0.3 is 6.18 Å². The minimum Gasteiger partial charge on any atom is -0.493 e. The van der Waals surface area contributed by atoms with Gasteiger partial charge in [0.25, 0.3) is 5.56 Å². The largest absolute Gasteiger partial charge is 0.493 e. The molecule has 1 amide bonds. The summed E-state index contributed by atoms with van der Waals surface area (Å²) in [5.74, 6) is 2.10. The van der Waals surface area contributed by atoms with E-state index >= 15 is 0 Å². The molecular formula is C33H35F3N4O6S. The normalized spacial score (nSPS) is 27.0. The molecule has 1 aromatic carbocycles. The van der Waals surface area contributed by atoms with Gasteiger partial charge in [-0.1, -0.05) is 6.07 Å². The van der Waals surface area contributed by atoms with E-state index in [0.717, 1.165) is 12.8 Å². The molecule has 2 heterocycles. The predicted molar refractivity (Wildman–Crippen MR) is 164 cm³/mol. The number of sulfone groups is 1. The van der Waals surface area contributed by atoms with Crippen molar-refractivity contribution in [2.24, 2.45) is 23.2 Å². The summed E-state index contributed by atoms with van der Waals surface area (Å²) in [6, 6.07) is 8.14. The highest BCUT2D eigenvalue weighted by molar-refractivity contribution is 7.91. The third kappa shape index (κ3) is 5.19. The second-order valence-electron chi connectivity index (χ2n) is 13.4. The number of aromatic nitrogens is 3. The van der Waals surface area contributed by atoms with Gasteiger partial charge in [-0.25, -0.2) is 18.4 Å². The van der Waals surface area contributed by atoms with Crippen LogP contribution >= 0.6 is 0 Å². The first kappa shape index (κ1) is 31.6. The number of halogens is 3. The van der Waals surface area contributed by atoms with Crippen molar-refractivity contribution < 1.29 is 35.9 Å². The van der Waals surface area contributed by atoms with Gasteiger partial charge in [-0.2, -0.15) is 13.2 Å². The highest BCUT2D eigenvalue weighted by atomic mass is 32.2. The minimum absolute atomic E-state index is 0.0435. The summed E-state index contributed by atoms with van der Waals surface area (Å²) in [5.41, 5.74) is -1.38. The van der Waals surface area contributed by atoms with Crippen molar-refractivity contribution in [3.05, 3.63) is 64.2 Å². The van der Waals surface area contributed by atoms with Crippen LogP contribution in [-0.2, 0) is 27.4 Å². The number of amides is 1. The molecule has 10 nitrogen and oxygen atoms in total. The quantitative estimate of drug-likeness (QED) is 0.292. The van der Waals surface area contributed by atoms with Gasteiger partial charge in [-0.05, 0) is 91.5 Å². The van der Waals surface area contributed by atoms with Crippen LogP contribution in [0.25, 0.3) is 11.3 Å². The number of fused-ring (bicyclic) bond motifs is 1. The molecule has 14 heteroatoms. The minimum atomic E-state index is -4.96. The monoisotopic (exact) mass is 672 g/mol. The number of pyridine rings is 1. The van der Waals surface area contributed by atoms with Crippen LogP contribution in [0.4, 0.5) is 13.2 Å². The summed E-state index contributed by atoms with van der Waals surface area (Å²) in [6.07, 6.45) is 1.81. The smallest absolute Gasteiger partial charge is 0.433 e. The van der Waals surface area contributed by atoms with E-state index in [0.29, 0.717) is 40.9 Å². The van der Waals surface area contributed by atoms with Crippen molar-refractivity contribution in [2.45, 2.75) is 68.4 Å². The topological polar surface area (TPSA) is 129 Å². The number of hydrogen-bond acceptors (Lipinski definition) is 8. The zero-order valence-corrected chi connectivity index (χ0v) is 26.8. The second kappa shape index (κ2) is 11.1. The van der Waals surface area contributed by atoms with Gasteiger partial charge in [0.05, 0.1) is 32.2 Å². The second-order valence-corrected chi connectivity index (χ2v) is 15.4. The van der Waals surface area contributed by atoms with Crippen molar-refractivity contribution in [3.8, 4) is 22.8 Å². The van der Waals surface area contributed by atoms with Crippen LogP contribution in [0.5, 0.6) is 11.5 Å². The molecular weight excluding hydrogens is 637 g/mol. The maximum atomic E-state index is 13.9. The lowest BCUT2D eigenvalue weighted by molar-refractivity contribution is -0.207. The molecule has 3 aromatic rings. The van der Waals surface area contributed by atoms with E-state index in [1.807, 2.05) is 0 Å². The third-order valence-corrected chi connectivity index (χ3v) is 12.5. The number of alkyl halides is 3. The first-order valence-corrected chi connectivity index (χ1v) is 17.3. The molecule has 250 valence electrons. The van der Waals surface area contributed by atoms with E-state index in [1.54, 1.807) is 18.2 Å². The Labute approximate surface area is 269 Å². The average molecular weight is 673 g/mol. The lowest BCUT2D eigenvalue weighted by Crippen LogP contribution is -2.76. The molecule has 5 atom stereocenters. The maximum absolute atomic E-state index is 13.9. The molecule has 2 aromatic heterocycles. The van der Waals surface area contributed by atoms with Crippen molar-refractivity contribution >= 4 is 15.7 Å². The Kier molecular flexibility index (Phi) is 7.45. The number of nitrogens with zero attached hydrogens (tertiary/aromatic N) is 3. The van der Waals surface area contributed by atoms with Gasteiger partial charge in [-0.3, -0.25) is 9.59 Å². The number of ether oxygens (including phenoxy) is 2. The first-order valence-electron chi connectivity index (χ1n) is 15.7. The van der Waals surface area contributed by atoms with Crippen LogP contribution in [0, 0.1) is 23.2 Å². The van der Waals surface area contributed by atoms with E-state index in [-0.39, 0.29) is 47.5 Å². The van der Waals surface area contributed by atoms with Crippen molar-refractivity contribution in [1.29, 1.82) is 0 Å². The average Bonchev–Trinajstić information content (AvgIpc) is 3.51. The molecule has 7 rings (SSSR count). The van der Waals surface area contributed by atoms with Crippen LogP contribution < -0.4 is 20.3 Å².